The molecule has 2 atom stereocenters. The van der Waals surface area contributed by atoms with Gasteiger partial charge in [0, 0.05) is 19.4 Å². The van der Waals surface area contributed by atoms with Crippen molar-refractivity contribution < 1.29 is 37.6 Å². The van der Waals surface area contributed by atoms with Gasteiger partial charge in [-0.15, -0.1) is 0 Å². The van der Waals surface area contributed by atoms with Gasteiger partial charge in [0.1, 0.15) is 6.61 Å². The van der Waals surface area contributed by atoms with Gasteiger partial charge in [0.2, 0.25) is 0 Å². The molecule has 0 radical (unpaired) electrons. The molecular formula is C53H102NO8P. The number of ether oxygens (including phenoxy) is 2. The molecule has 0 aromatic rings. The first-order valence-electron chi connectivity index (χ1n) is 26.8. The van der Waals surface area contributed by atoms with Gasteiger partial charge in [-0.3, -0.25) is 18.6 Å². The number of nitrogens with two attached hydrogens (primary N) is 1. The lowest BCUT2D eigenvalue weighted by molar-refractivity contribution is -0.161. The van der Waals surface area contributed by atoms with Crippen LogP contribution in [0.4, 0.5) is 0 Å². The van der Waals surface area contributed by atoms with Gasteiger partial charge in [0.15, 0.2) is 6.10 Å². The van der Waals surface area contributed by atoms with E-state index in [-0.39, 0.29) is 38.6 Å². The van der Waals surface area contributed by atoms with Gasteiger partial charge in [-0.25, -0.2) is 4.57 Å². The van der Waals surface area contributed by atoms with Crippen LogP contribution in [0.1, 0.15) is 271 Å². The zero-order chi connectivity index (χ0) is 46.0. The Bertz CT molecular complexity index is 1090. The molecule has 0 aliphatic carbocycles. The van der Waals surface area contributed by atoms with Crippen LogP contribution in [-0.2, 0) is 32.7 Å². The highest BCUT2D eigenvalue weighted by Crippen LogP contribution is 2.43. The number of carbonyl (C=O) groups is 2. The maximum Gasteiger partial charge on any atom is 0.472 e. The average Bonchev–Trinajstić information content (AvgIpc) is 3.27. The summed E-state index contributed by atoms with van der Waals surface area (Å²) in [6, 6.07) is 0. The van der Waals surface area contributed by atoms with E-state index >= 15 is 0 Å². The molecule has 372 valence electrons. The largest absolute Gasteiger partial charge is 0.472 e. The molecule has 0 saturated heterocycles. The predicted molar refractivity (Wildman–Crippen MR) is 266 cm³/mol. The van der Waals surface area contributed by atoms with Crippen LogP contribution in [0, 0.1) is 0 Å². The Hall–Kier alpha value is -1.51. The standard InChI is InChI=1S/C53H102NO8P/c1-3-5-7-9-11-13-15-17-19-21-23-24-25-26-28-30-32-34-36-38-40-42-44-46-53(56)62-51(50-61-63(57,58)60-48-47-54)49-59-52(55)45-43-41-39-37-35-33-31-29-27-22-20-18-16-14-12-10-8-6-4-2/h15,17,21,23,51H,3-14,16,18-20,22,24-50,54H2,1-2H3,(H,57,58)/b17-15-,23-21-. The summed E-state index contributed by atoms with van der Waals surface area (Å²) in [5.74, 6) is -0.815. The first kappa shape index (κ1) is 61.5. The van der Waals surface area contributed by atoms with E-state index in [2.05, 4.69) is 38.2 Å². The van der Waals surface area contributed by atoms with Crippen LogP contribution in [0.15, 0.2) is 24.3 Å². The van der Waals surface area contributed by atoms with Crippen molar-refractivity contribution in [2.45, 2.75) is 277 Å². The molecule has 0 aliphatic heterocycles. The Morgan fingerprint density at radius 1 is 0.476 bits per heavy atom. The summed E-state index contributed by atoms with van der Waals surface area (Å²) in [5.41, 5.74) is 5.37. The number of carbonyl (C=O) groups excluding carboxylic acids is 2. The highest BCUT2D eigenvalue weighted by atomic mass is 31.2. The number of phosphoric ester groups is 1. The van der Waals surface area contributed by atoms with Crippen molar-refractivity contribution >= 4 is 19.8 Å². The molecule has 0 aromatic heterocycles. The third-order valence-electron chi connectivity index (χ3n) is 11.8. The molecule has 0 bridgehead atoms. The summed E-state index contributed by atoms with van der Waals surface area (Å²) < 4.78 is 33.0. The molecule has 0 saturated carbocycles. The van der Waals surface area contributed by atoms with Crippen molar-refractivity contribution in [2.24, 2.45) is 5.73 Å². The summed E-state index contributed by atoms with van der Waals surface area (Å²) in [4.78, 5) is 35.1. The molecule has 0 aliphatic rings. The minimum Gasteiger partial charge on any atom is -0.462 e. The Morgan fingerprint density at radius 3 is 1.21 bits per heavy atom. The van der Waals surface area contributed by atoms with E-state index in [1.807, 2.05) is 0 Å². The third kappa shape index (κ3) is 49.8. The first-order chi connectivity index (χ1) is 30.8. The second kappa shape index (κ2) is 49.9. The maximum absolute atomic E-state index is 12.7. The predicted octanol–water partition coefficient (Wildman–Crippen LogP) is 16.3. The van der Waals surface area contributed by atoms with E-state index in [1.165, 1.54) is 193 Å². The van der Waals surface area contributed by atoms with E-state index < -0.39 is 26.5 Å². The Kier molecular flexibility index (Phi) is 48.7. The number of allylic oxidation sites excluding steroid dienone is 4. The minimum atomic E-state index is -4.38. The van der Waals surface area contributed by atoms with Crippen molar-refractivity contribution in [3.63, 3.8) is 0 Å². The molecule has 3 N–H and O–H groups in total. The fraction of sp³-hybridized carbons (Fsp3) is 0.887. The lowest BCUT2D eigenvalue weighted by Crippen LogP contribution is -2.29. The van der Waals surface area contributed by atoms with E-state index in [4.69, 9.17) is 24.3 Å². The number of esters is 2. The molecule has 2 unspecified atom stereocenters. The topological polar surface area (TPSA) is 134 Å². The fourth-order valence-corrected chi connectivity index (χ4v) is 8.61. The van der Waals surface area contributed by atoms with Crippen LogP contribution in [0.3, 0.4) is 0 Å². The minimum absolute atomic E-state index is 0.0553. The molecule has 0 aromatic carbocycles. The lowest BCUT2D eigenvalue weighted by atomic mass is 10.0. The third-order valence-corrected chi connectivity index (χ3v) is 12.8. The van der Waals surface area contributed by atoms with Crippen LogP contribution in [0.5, 0.6) is 0 Å². The molecule has 0 amide bonds. The Balaban J connectivity index is 3.99. The van der Waals surface area contributed by atoms with Crippen molar-refractivity contribution in [1.82, 2.24) is 0 Å². The lowest BCUT2D eigenvalue weighted by Gasteiger charge is -2.19. The van der Waals surface area contributed by atoms with Gasteiger partial charge in [-0.2, -0.15) is 0 Å². The van der Waals surface area contributed by atoms with Gasteiger partial charge in [-0.05, 0) is 44.9 Å². The SMILES string of the molecule is CCCCCCC/C=C\C/C=C\CCCCCCCCCCCCCC(=O)OC(COC(=O)CCCCCCCCCCCCCCCCCCCCC)COP(=O)(O)OCCN. The van der Waals surface area contributed by atoms with Gasteiger partial charge >= 0.3 is 19.8 Å². The van der Waals surface area contributed by atoms with E-state index in [0.29, 0.717) is 6.42 Å². The number of rotatable bonds is 51. The van der Waals surface area contributed by atoms with Gasteiger partial charge in [0.05, 0.1) is 13.2 Å². The summed E-state index contributed by atoms with van der Waals surface area (Å²) in [5, 5.41) is 0. The van der Waals surface area contributed by atoms with Crippen LogP contribution in [0.2, 0.25) is 0 Å². The van der Waals surface area contributed by atoms with E-state index in [9.17, 15) is 19.0 Å². The maximum atomic E-state index is 12.7. The molecule has 0 spiro atoms. The quantitative estimate of drug-likeness (QED) is 0.0265. The van der Waals surface area contributed by atoms with Crippen molar-refractivity contribution in [3.05, 3.63) is 24.3 Å². The van der Waals surface area contributed by atoms with Crippen LogP contribution in [-0.4, -0.2) is 49.3 Å². The summed E-state index contributed by atoms with van der Waals surface area (Å²) in [6.07, 6.45) is 56.4. The zero-order valence-electron chi connectivity index (χ0n) is 41.3. The second-order valence-electron chi connectivity index (χ2n) is 18.1. The van der Waals surface area contributed by atoms with E-state index in [1.54, 1.807) is 0 Å². The van der Waals surface area contributed by atoms with Crippen molar-refractivity contribution in [1.29, 1.82) is 0 Å². The summed E-state index contributed by atoms with van der Waals surface area (Å²) >= 11 is 0. The number of phosphoric acid groups is 1. The average molecular weight is 912 g/mol. The van der Waals surface area contributed by atoms with Crippen LogP contribution < -0.4 is 5.73 Å². The molecule has 10 heteroatoms. The fourth-order valence-electron chi connectivity index (χ4n) is 7.84. The molecule has 0 heterocycles. The highest BCUT2D eigenvalue weighted by molar-refractivity contribution is 7.47. The molecular weight excluding hydrogens is 810 g/mol. The van der Waals surface area contributed by atoms with Crippen molar-refractivity contribution in [2.75, 3.05) is 26.4 Å². The molecule has 9 nitrogen and oxygen atoms in total. The van der Waals surface area contributed by atoms with Crippen LogP contribution in [0.25, 0.3) is 0 Å². The van der Waals surface area contributed by atoms with Crippen molar-refractivity contribution in [3.8, 4) is 0 Å². The summed E-state index contributed by atoms with van der Waals surface area (Å²) in [7, 11) is -4.38. The van der Waals surface area contributed by atoms with Gasteiger partial charge in [-0.1, -0.05) is 237 Å². The number of unbranched alkanes of at least 4 members (excludes halogenated alkanes) is 34. The molecule has 0 fully saturated rings. The van der Waals surface area contributed by atoms with Gasteiger partial charge in [0.25, 0.3) is 0 Å². The van der Waals surface area contributed by atoms with E-state index in [0.717, 1.165) is 44.9 Å². The molecule has 0 rings (SSSR count). The number of hydrogen-bond donors (Lipinski definition) is 2. The highest BCUT2D eigenvalue weighted by Gasteiger charge is 2.26. The van der Waals surface area contributed by atoms with Crippen LogP contribution >= 0.6 is 7.82 Å². The molecule has 63 heavy (non-hydrogen) atoms. The second-order valence-corrected chi connectivity index (χ2v) is 19.6. The Morgan fingerprint density at radius 2 is 0.825 bits per heavy atom. The summed E-state index contributed by atoms with van der Waals surface area (Å²) in [6.45, 7) is 3.78. The zero-order valence-corrected chi connectivity index (χ0v) is 42.2. The smallest absolute Gasteiger partial charge is 0.462 e. The number of hydrogen-bond acceptors (Lipinski definition) is 8. The van der Waals surface area contributed by atoms with Gasteiger partial charge < -0.3 is 20.1 Å². The first-order valence-corrected chi connectivity index (χ1v) is 28.3. The monoisotopic (exact) mass is 912 g/mol. The normalized spacial score (nSPS) is 13.3. The Labute approximate surface area is 389 Å².